The van der Waals surface area contributed by atoms with Crippen LogP contribution in [0.3, 0.4) is 0 Å². The van der Waals surface area contributed by atoms with Crippen molar-refractivity contribution in [2.45, 2.75) is 13.3 Å². The van der Waals surface area contributed by atoms with Gasteiger partial charge in [-0.3, -0.25) is 4.79 Å². The van der Waals surface area contributed by atoms with Crippen LogP contribution in [0.4, 0.5) is 11.5 Å². The number of halogens is 2. The molecule has 21 heavy (non-hydrogen) atoms. The highest BCUT2D eigenvalue weighted by Crippen LogP contribution is 2.29. The fourth-order valence-corrected chi connectivity index (χ4v) is 1.94. The van der Waals surface area contributed by atoms with Crippen LogP contribution in [0.2, 0.25) is 10.0 Å². The molecule has 1 aromatic carbocycles. The Hall–Kier alpha value is -1.85. The summed E-state index contributed by atoms with van der Waals surface area (Å²) in [5.41, 5.74) is 0.636. The zero-order valence-electron chi connectivity index (χ0n) is 11.4. The van der Waals surface area contributed by atoms with Gasteiger partial charge in [-0.2, -0.15) is 0 Å². The fourth-order valence-electron chi connectivity index (χ4n) is 1.59. The van der Waals surface area contributed by atoms with E-state index in [0.717, 1.165) is 13.0 Å². The van der Waals surface area contributed by atoms with Gasteiger partial charge in [0.1, 0.15) is 5.82 Å². The lowest BCUT2D eigenvalue weighted by molar-refractivity contribution is 0.102. The van der Waals surface area contributed by atoms with Crippen molar-refractivity contribution in [2.24, 2.45) is 0 Å². The molecule has 0 aliphatic rings. The molecule has 7 heteroatoms. The highest BCUT2D eigenvalue weighted by atomic mass is 35.5. The van der Waals surface area contributed by atoms with E-state index in [9.17, 15) is 4.79 Å². The first kappa shape index (κ1) is 15.5. The highest BCUT2D eigenvalue weighted by molar-refractivity contribution is 6.44. The van der Waals surface area contributed by atoms with Gasteiger partial charge < -0.3 is 10.6 Å². The van der Waals surface area contributed by atoms with Gasteiger partial charge in [0.05, 0.1) is 15.7 Å². The van der Waals surface area contributed by atoms with Crippen LogP contribution in [0.25, 0.3) is 0 Å². The van der Waals surface area contributed by atoms with E-state index in [-0.39, 0.29) is 5.69 Å². The number of carbonyl (C=O) groups excluding carboxylic acids is 1. The van der Waals surface area contributed by atoms with Gasteiger partial charge in [0.2, 0.25) is 0 Å². The summed E-state index contributed by atoms with van der Waals surface area (Å²) in [6.45, 7) is 2.86. The molecule has 0 fully saturated rings. The highest BCUT2D eigenvalue weighted by Gasteiger charge is 2.12. The zero-order chi connectivity index (χ0) is 15.2. The summed E-state index contributed by atoms with van der Waals surface area (Å²) in [4.78, 5) is 12.1. The third kappa shape index (κ3) is 4.06. The van der Waals surface area contributed by atoms with Crippen LogP contribution in [0.5, 0.6) is 0 Å². The SMILES string of the molecule is CCCNc1ccc(C(=O)Nc2cccc(Cl)c2Cl)nn1. The van der Waals surface area contributed by atoms with Gasteiger partial charge in [-0.1, -0.05) is 36.2 Å². The summed E-state index contributed by atoms with van der Waals surface area (Å²) < 4.78 is 0. The summed E-state index contributed by atoms with van der Waals surface area (Å²) in [5, 5.41) is 14.2. The lowest BCUT2D eigenvalue weighted by atomic mass is 10.3. The standard InChI is InChI=1S/C14H14Cl2N4O/c1-2-8-17-12-7-6-11(19-20-12)14(21)18-10-5-3-4-9(15)13(10)16/h3-7H,2,8H2,1H3,(H,17,20)(H,18,21). The molecule has 2 N–H and O–H groups in total. The van der Waals surface area contributed by atoms with Gasteiger partial charge in [-0.05, 0) is 30.7 Å². The minimum atomic E-state index is -0.395. The number of hydrogen-bond donors (Lipinski definition) is 2. The Labute approximate surface area is 132 Å². The Morgan fingerprint density at radius 2 is 2.00 bits per heavy atom. The van der Waals surface area contributed by atoms with E-state index in [1.165, 1.54) is 0 Å². The maximum absolute atomic E-state index is 12.1. The van der Waals surface area contributed by atoms with Gasteiger partial charge in [-0.25, -0.2) is 0 Å². The number of benzene rings is 1. The number of hydrogen-bond acceptors (Lipinski definition) is 4. The third-order valence-corrected chi connectivity index (χ3v) is 3.47. The van der Waals surface area contributed by atoms with E-state index in [4.69, 9.17) is 23.2 Å². The van der Waals surface area contributed by atoms with Crippen molar-refractivity contribution in [3.8, 4) is 0 Å². The average molecular weight is 325 g/mol. The molecule has 0 saturated carbocycles. The Morgan fingerprint density at radius 3 is 2.67 bits per heavy atom. The van der Waals surface area contributed by atoms with E-state index in [0.29, 0.717) is 21.6 Å². The second-order valence-electron chi connectivity index (χ2n) is 4.29. The molecule has 110 valence electrons. The van der Waals surface area contributed by atoms with Crippen molar-refractivity contribution in [2.75, 3.05) is 17.2 Å². The number of rotatable bonds is 5. The topological polar surface area (TPSA) is 66.9 Å². The predicted octanol–water partition coefficient (Wildman–Crippen LogP) is 3.86. The number of nitrogens with zero attached hydrogens (tertiary/aromatic N) is 2. The molecule has 0 atom stereocenters. The summed E-state index contributed by atoms with van der Waals surface area (Å²) >= 11 is 11.9. The summed E-state index contributed by atoms with van der Waals surface area (Å²) in [6, 6.07) is 8.31. The van der Waals surface area contributed by atoms with Crippen LogP contribution >= 0.6 is 23.2 Å². The van der Waals surface area contributed by atoms with Crippen molar-refractivity contribution in [1.29, 1.82) is 0 Å². The van der Waals surface area contributed by atoms with Crippen molar-refractivity contribution in [3.63, 3.8) is 0 Å². The van der Waals surface area contributed by atoms with Crippen LogP contribution in [-0.4, -0.2) is 22.6 Å². The second-order valence-corrected chi connectivity index (χ2v) is 5.07. The maximum atomic E-state index is 12.1. The molecule has 0 aliphatic carbocycles. The second kappa shape index (κ2) is 7.24. The Bertz CT molecular complexity index is 631. The van der Waals surface area contributed by atoms with E-state index >= 15 is 0 Å². The maximum Gasteiger partial charge on any atom is 0.276 e. The van der Waals surface area contributed by atoms with Crippen LogP contribution in [0, 0.1) is 0 Å². The van der Waals surface area contributed by atoms with Gasteiger partial charge in [-0.15, -0.1) is 10.2 Å². The Balaban J connectivity index is 2.08. The molecular weight excluding hydrogens is 311 g/mol. The fraction of sp³-hybridized carbons (Fsp3) is 0.214. The monoisotopic (exact) mass is 324 g/mol. The van der Waals surface area contributed by atoms with Gasteiger partial charge >= 0.3 is 0 Å². The van der Waals surface area contributed by atoms with Crippen LogP contribution in [-0.2, 0) is 0 Å². The average Bonchev–Trinajstić information content (AvgIpc) is 2.50. The van der Waals surface area contributed by atoms with Gasteiger partial charge in [0.25, 0.3) is 5.91 Å². The van der Waals surface area contributed by atoms with Gasteiger partial charge in [0.15, 0.2) is 5.69 Å². The minimum absolute atomic E-state index is 0.202. The predicted molar refractivity (Wildman–Crippen MR) is 85.2 cm³/mol. The molecule has 5 nitrogen and oxygen atoms in total. The third-order valence-electron chi connectivity index (χ3n) is 2.65. The van der Waals surface area contributed by atoms with Crippen LogP contribution in [0.1, 0.15) is 23.8 Å². The first-order valence-electron chi connectivity index (χ1n) is 6.44. The van der Waals surface area contributed by atoms with E-state index in [1.54, 1.807) is 30.3 Å². The molecule has 0 radical (unpaired) electrons. The molecule has 0 aliphatic heterocycles. The molecular formula is C14H14Cl2N4O. The molecule has 1 aromatic heterocycles. The van der Waals surface area contributed by atoms with Crippen molar-refractivity contribution in [3.05, 3.63) is 46.1 Å². The Kier molecular flexibility index (Phi) is 5.36. The zero-order valence-corrected chi connectivity index (χ0v) is 12.9. The first-order chi connectivity index (χ1) is 10.1. The van der Waals surface area contributed by atoms with Gasteiger partial charge in [0, 0.05) is 6.54 Å². The molecule has 0 saturated heterocycles. The molecule has 0 bridgehead atoms. The normalized spacial score (nSPS) is 10.2. The molecule has 1 amide bonds. The molecule has 0 spiro atoms. The van der Waals surface area contributed by atoms with E-state index in [1.807, 2.05) is 0 Å². The van der Waals surface area contributed by atoms with E-state index < -0.39 is 5.91 Å². The lowest BCUT2D eigenvalue weighted by Gasteiger charge is -2.08. The number of amides is 1. The van der Waals surface area contributed by atoms with Crippen LogP contribution in [0.15, 0.2) is 30.3 Å². The molecule has 1 heterocycles. The lowest BCUT2D eigenvalue weighted by Crippen LogP contribution is -2.15. The number of carbonyl (C=O) groups is 1. The smallest absolute Gasteiger partial charge is 0.276 e. The number of nitrogens with one attached hydrogen (secondary N) is 2. The van der Waals surface area contributed by atoms with Crippen molar-refractivity contribution < 1.29 is 4.79 Å². The summed E-state index contributed by atoms with van der Waals surface area (Å²) in [7, 11) is 0. The molecule has 2 rings (SSSR count). The number of anilines is 2. The molecule has 0 unspecified atom stereocenters. The molecule has 2 aromatic rings. The summed E-state index contributed by atoms with van der Waals surface area (Å²) in [6.07, 6.45) is 0.983. The summed E-state index contributed by atoms with van der Waals surface area (Å²) in [5.74, 6) is 0.239. The Morgan fingerprint density at radius 1 is 1.19 bits per heavy atom. The number of aromatic nitrogens is 2. The van der Waals surface area contributed by atoms with Crippen molar-refractivity contribution >= 4 is 40.6 Å². The van der Waals surface area contributed by atoms with Crippen molar-refractivity contribution in [1.82, 2.24) is 10.2 Å². The minimum Gasteiger partial charge on any atom is -0.369 e. The van der Waals surface area contributed by atoms with Crippen LogP contribution < -0.4 is 10.6 Å². The van der Waals surface area contributed by atoms with E-state index in [2.05, 4.69) is 27.8 Å². The largest absolute Gasteiger partial charge is 0.369 e. The first-order valence-corrected chi connectivity index (χ1v) is 7.20. The quantitative estimate of drug-likeness (QED) is 0.876.